The van der Waals surface area contributed by atoms with Gasteiger partial charge >= 0.3 is 0 Å². The van der Waals surface area contributed by atoms with Crippen LogP contribution in [-0.4, -0.2) is 15.9 Å². The average molecular weight is 295 g/mol. The summed E-state index contributed by atoms with van der Waals surface area (Å²) >= 11 is 0. The number of halogens is 1. The number of amides is 1. The van der Waals surface area contributed by atoms with Gasteiger partial charge in [-0.3, -0.25) is 14.8 Å². The molecule has 0 radical (unpaired) electrons. The standard InChI is InChI=1S/C17H14FN3O/c1-11(13-4-2-3-5-14(13)18)21-17(22)12-6-7-15-16(10-12)20-9-8-19-15/h2-11H,1H3,(H,21,22). The van der Waals surface area contributed by atoms with Gasteiger partial charge < -0.3 is 5.32 Å². The zero-order valence-corrected chi connectivity index (χ0v) is 12.0. The van der Waals surface area contributed by atoms with Crippen LogP contribution in [-0.2, 0) is 0 Å². The first-order valence-electron chi connectivity index (χ1n) is 6.91. The van der Waals surface area contributed by atoms with Gasteiger partial charge in [0.2, 0.25) is 0 Å². The Morgan fingerprint density at radius 2 is 1.82 bits per heavy atom. The second kappa shape index (κ2) is 5.89. The van der Waals surface area contributed by atoms with E-state index in [1.54, 1.807) is 55.7 Å². The minimum absolute atomic E-state index is 0.275. The van der Waals surface area contributed by atoms with Gasteiger partial charge in [-0.1, -0.05) is 18.2 Å². The van der Waals surface area contributed by atoms with E-state index in [0.717, 1.165) is 5.52 Å². The Morgan fingerprint density at radius 1 is 1.09 bits per heavy atom. The lowest BCUT2D eigenvalue weighted by molar-refractivity contribution is 0.0939. The van der Waals surface area contributed by atoms with Crippen molar-refractivity contribution in [3.63, 3.8) is 0 Å². The van der Waals surface area contributed by atoms with Crippen molar-refractivity contribution in [1.29, 1.82) is 0 Å². The molecule has 1 N–H and O–H groups in total. The maximum absolute atomic E-state index is 13.7. The van der Waals surface area contributed by atoms with Crippen LogP contribution in [0, 0.1) is 5.82 Å². The summed E-state index contributed by atoms with van der Waals surface area (Å²) in [6, 6.07) is 11.1. The van der Waals surface area contributed by atoms with E-state index in [2.05, 4.69) is 15.3 Å². The van der Waals surface area contributed by atoms with Crippen LogP contribution in [0.4, 0.5) is 4.39 Å². The van der Waals surface area contributed by atoms with E-state index in [1.165, 1.54) is 6.07 Å². The number of nitrogens with zero attached hydrogens (tertiary/aromatic N) is 2. The Hall–Kier alpha value is -2.82. The molecule has 1 aromatic heterocycles. The number of benzene rings is 2. The molecule has 3 rings (SSSR count). The molecule has 22 heavy (non-hydrogen) atoms. The van der Waals surface area contributed by atoms with E-state index < -0.39 is 6.04 Å². The third-order valence-electron chi connectivity index (χ3n) is 3.45. The molecule has 0 spiro atoms. The fourth-order valence-electron chi connectivity index (χ4n) is 2.29. The molecule has 0 aliphatic rings. The number of fused-ring (bicyclic) bond motifs is 1. The third kappa shape index (κ3) is 2.79. The van der Waals surface area contributed by atoms with Gasteiger partial charge in [0, 0.05) is 23.5 Å². The van der Waals surface area contributed by atoms with Crippen molar-refractivity contribution in [2.45, 2.75) is 13.0 Å². The van der Waals surface area contributed by atoms with Crippen LogP contribution in [0.1, 0.15) is 28.9 Å². The topological polar surface area (TPSA) is 54.9 Å². The SMILES string of the molecule is CC(NC(=O)c1ccc2nccnc2c1)c1ccccc1F. The highest BCUT2D eigenvalue weighted by Gasteiger charge is 2.14. The minimum atomic E-state index is -0.425. The van der Waals surface area contributed by atoms with Gasteiger partial charge in [0.1, 0.15) is 5.82 Å². The van der Waals surface area contributed by atoms with Crippen molar-refractivity contribution in [1.82, 2.24) is 15.3 Å². The fourth-order valence-corrected chi connectivity index (χ4v) is 2.29. The van der Waals surface area contributed by atoms with Gasteiger partial charge in [0.25, 0.3) is 5.91 Å². The number of rotatable bonds is 3. The molecule has 1 amide bonds. The Morgan fingerprint density at radius 3 is 2.59 bits per heavy atom. The number of nitrogens with one attached hydrogen (secondary N) is 1. The predicted octanol–water partition coefficient (Wildman–Crippen LogP) is 3.26. The van der Waals surface area contributed by atoms with Crippen LogP contribution >= 0.6 is 0 Å². The third-order valence-corrected chi connectivity index (χ3v) is 3.45. The molecular weight excluding hydrogens is 281 g/mol. The first-order chi connectivity index (χ1) is 10.6. The highest BCUT2D eigenvalue weighted by molar-refractivity contribution is 5.97. The molecule has 0 aliphatic heterocycles. The fraction of sp³-hybridized carbons (Fsp3) is 0.118. The second-order valence-corrected chi connectivity index (χ2v) is 4.98. The Labute approximate surface area is 127 Å². The van der Waals surface area contributed by atoms with Crippen molar-refractivity contribution >= 4 is 16.9 Å². The molecule has 0 aliphatic carbocycles. The molecule has 110 valence electrons. The Balaban J connectivity index is 1.82. The van der Waals surface area contributed by atoms with Gasteiger partial charge in [-0.25, -0.2) is 4.39 Å². The van der Waals surface area contributed by atoms with E-state index >= 15 is 0 Å². The van der Waals surface area contributed by atoms with Gasteiger partial charge in [-0.05, 0) is 31.2 Å². The molecule has 1 heterocycles. The Bertz CT molecular complexity index is 835. The Kier molecular flexibility index (Phi) is 3.78. The molecule has 0 fully saturated rings. The van der Waals surface area contributed by atoms with Gasteiger partial charge in [-0.15, -0.1) is 0 Å². The second-order valence-electron chi connectivity index (χ2n) is 4.98. The average Bonchev–Trinajstić information content (AvgIpc) is 2.54. The number of hydrogen-bond acceptors (Lipinski definition) is 3. The molecule has 0 bridgehead atoms. The monoisotopic (exact) mass is 295 g/mol. The number of aromatic nitrogens is 2. The van der Waals surface area contributed by atoms with Crippen LogP contribution in [0.3, 0.4) is 0 Å². The smallest absolute Gasteiger partial charge is 0.251 e. The summed E-state index contributed by atoms with van der Waals surface area (Å²) in [6.07, 6.45) is 3.17. The van der Waals surface area contributed by atoms with Crippen molar-refractivity contribution in [2.75, 3.05) is 0 Å². The van der Waals surface area contributed by atoms with E-state index in [-0.39, 0.29) is 11.7 Å². The number of carbonyl (C=O) groups excluding carboxylic acids is 1. The first-order valence-corrected chi connectivity index (χ1v) is 6.91. The molecule has 1 unspecified atom stereocenters. The zero-order chi connectivity index (χ0) is 15.5. The lowest BCUT2D eigenvalue weighted by Gasteiger charge is -2.15. The lowest BCUT2D eigenvalue weighted by atomic mass is 10.1. The normalized spacial score (nSPS) is 12.1. The van der Waals surface area contributed by atoms with E-state index in [0.29, 0.717) is 16.6 Å². The van der Waals surface area contributed by atoms with Gasteiger partial charge in [0.05, 0.1) is 17.1 Å². The van der Waals surface area contributed by atoms with E-state index in [4.69, 9.17) is 0 Å². The summed E-state index contributed by atoms with van der Waals surface area (Å²) in [7, 11) is 0. The van der Waals surface area contributed by atoms with E-state index in [9.17, 15) is 9.18 Å². The van der Waals surface area contributed by atoms with Crippen molar-refractivity contribution in [3.05, 3.63) is 71.8 Å². The van der Waals surface area contributed by atoms with Crippen molar-refractivity contribution in [3.8, 4) is 0 Å². The highest BCUT2D eigenvalue weighted by atomic mass is 19.1. The molecule has 3 aromatic rings. The summed E-state index contributed by atoms with van der Waals surface area (Å²) < 4.78 is 13.7. The summed E-state index contributed by atoms with van der Waals surface area (Å²) in [6.45, 7) is 1.75. The van der Waals surface area contributed by atoms with E-state index in [1.807, 2.05) is 0 Å². The van der Waals surface area contributed by atoms with Crippen LogP contribution < -0.4 is 5.32 Å². The maximum atomic E-state index is 13.7. The molecule has 5 heteroatoms. The van der Waals surface area contributed by atoms with Gasteiger partial charge in [0.15, 0.2) is 0 Å². The number of carbonyl (C=O) groups is 1. The quantitative estimate of drug-likeness (QED) is 0.807. The zero-order valence-electron chi connectivity index (χ0n) is 12.0. The molecule has 0 saturated carbocycles. The predicted molar refractivity (Wildman–Crippen MR) is 81.8 cm³/mol. The van der Waals surface area contributed by atoms with Crippen LogP contribution in [0.2, 0.25) is 0 Å². The summed E-state index contributed by atoms with van der Waals surface area (Å²) in [5.74, 6) is -0.608. The molecular formula is C17H14FN3O. The number of hydrogen-bond donors (Lipinski definition) is 1. The largest absolute Gasteiger partial charge is 0.345 e. The molecule has 2 aromatic carbocycles. The molecule has 4 nitrogen and oxygen atoms in total. The molecule has 1 atom stereocenters. The summed E-state index contributed by atoms with van der Waals surface area (Å²) in [4.78, 5) is 20.6. The molecule has 0 saturated heterocycles. The van der Waals surface area contributed by atoms with Gasteiger partial charge in [-0.2, -0.15) is 0 Å². The maximum Gasteiger partial charge on any atom is 0.251 e. The highest BCUT2D eigenvalue weighted by Crippen LogP contribution is 2.17. The van der Waals surface area contributed by atoms with Crippen molar-refractivity contribution in [2.24, 2.45) is 0 Å². The van der Waals surface area contributed by atoms with Crippen LogP contribution in [0.5, 0.6) is 0 Å². The van der Waals surface area contributed by atoms with Crippen LogP contribution in [0.15, 0.2) is 54.9 Å². The minimum Gasteiger partial charge on any atom is -0.345 e. The van der Waals surface area contributed by atoms with Crippen LogP contribution in [0.25, 0.3) is 11.0 Å². The lowest BCUT2D eigenvalue weighted by Crippen LogP contribution is -2.27. The summed E-state index contributed by atoms with van der Waals surface area (Å²) in [5, 5.41) is 2.79. The van der Waals surface area contributed by atoms with Crippen molar-refractivity contribution < 1.29 is 9.18 Å². The summed E-state index contributed by atoms with van der Waals surface area (Å²) in [5.41, 5.74) is 2.29. The first kappa shape index (κ1) is 14.1.